The maximum Gasteiger partial charge on any atom is 0.0628 e. The molecule has 0 aliphatic rings. The average Bonchev–Trinajstić information content (AvgIpc) is 1.82. The van der Waals surface area contributed by atoms with Crippen LogP contribution in [0.5, 0.6) is 0 Å². The van der Waals surface area contributed by atoms with Gasteiger partial charge in [-0.3, -0.25) is 0 Å². The van der Waals surface area contributed by atoms with E-state index in [9.17, 15) is 0 Å². The summed E-state index contributed by atoms with van der Waals surface area (Å²) in [6, 6.07) is -0.269. The van der Waals surface area contributed by atoms with Crippen LogP contribution in [0, 0.1) is 0 Å². The third-order valence-electron chi connectivity index (χ3n) is 1.18. The van der Waals surface area contributed by atoms with E-state index >= 15 is 0 Å². The first kappa shape index (κ1) is 8.27. The van der Waals surface area contributed by atoms with Crippen LogP contribution in [0.4, 0.5) is 0 Å². The topological polar surface area (TPSA) is 69.0 Å². The molecule has 0 saturated heterocycles. The van der Waals surface area contributed by atoms with Crippen LogP contribution in [0.25, 0.3) is 10.4 Å². The van der Waals surface area contributed by atoms with E-state index < -0.39 is 6.10 Å². The molecule has 4 heteroatoms. The minimum Gasteiger partial charge on any atom is -0.393 e. The molecule has 0 amide bonds. The summed E-state index contributed by atoms with van der Waals surface area (Å²) in [5.41, 5.74) is 7.96. The van der Waals surface area contributed by atoms with E-state index in [1.54, 1.807) is 6.92 Å². The molecule has 0 rings (SSSR count). The maximum absolute atomic E-state index is 8.88. The largest absolute Gasteiger partial charge is 0.393 e. The second-order valence-corrected chi connectivity index (χ2v) is 1.92. The van der Waals surface area contributed by atoms with Crippen LogP contribution in [-0.4, -0.2) is 17.3 Å². The molecule has 0 heterocycles. The molecule has 4 nitrogen and oxygen atoms in total. The fourth-order valence-electron chi connectivity index (χ4n) is 0.586. The van der Waals surface area contributed by atoms with E-state index in [1.165, 1.54) is 0 Å². The van der Waals surface area contributed by atoms with E-state index in [2.05, 4.69) is 10.0 Å². The van der Waals surface area contributed by atoms with Crippen LogP contribution in [-0.2, 0) is 0 Å². The number of azide groups is 1. The van der Waals surface area contributed by atoms with Gasteiger partial charge >= 0.3 is 0 Å². The first-order chi connectivity index (χ1) is 4.22. The molecule has 0 bridgehead atoms. The second kappa shape index (κ2) is 4.18. The highest BCUT2D eigenvalue weighted by atomic mass is 16.3. The molecule has 9 heavy (non-hydrogen) atoms. The van der Waals surface area contributed by atoms with Crippen LogP contribution < -0.4 is 0 Å². The van der Waals surface area contributed by atoms with Crippen molar-refractivity contribution in [3.05, 3.63) is 10.4 Å². The summed E-state index contributed by atoms with van der Waals surface area (Å²) in [4.78, 5) is 2.59. The van der Waals surface area contributed by atoms with Gasteiger partial charge in [-0.2, -0.15) is 0 Å². The Hall–Kier alpha value is -0.730. The molecule has 0 aromatic heterocycles. The monoisotopic (exact) mass is 129 g/mol. The lowest BCUT2D eigenvalue weighted by atomic mass is 10.1. The molecule has 0 fully saturated rings. The van der Waals surface area contributed by atoms with Gasteiger partial charge in [0.15, 0.2) is 0 Å². The van der Waals surface area contributed by atoms with Crippen LogP contribution in [0.15, 0.2) is 5.11 Å². The molecule has 0 spiro atoms. The highest BCUT2D eigenvalue weighted by Crippen LogP contribution is 2.02. The number of hydrogen-bond donors (Lipinski definition) is 1. The van der Waals surface area contributed by atoms with Crippen molar-refractivity contribution in [2.45, 2.75) is 32.4 Å². The molecule has 1 N–H and O–H groups in total. The van der Waals surface area contributed by atoms with Crippen molar-refractivity contribution in [3.63, 3.8) is 0 Å². The molecule has 0 aromatic rings. The average molecular weight is 129 g/mol. The van der Waals surface area contributed by atoms with Crippen LogP contribution in [0.1, 0.15) is 20.3 Å². The van der Waals surface area contributed by atoms with Gasteiger partial charge in [0, 0.05) is 4.91 Å². The SMILES string of the molecule is CC[C@H](N=[N+]=[N-])[C@H](C)O. The van der Waals surface area contributed by atoms with Crippen molar-refractivity contribution >= 4 is 0 Å². The van der Waals surface area contributed by atoms with Gasteiger partial charge in [-0.1, -0.05) is 12.0 Å². The summed E-state index contributed by atoms with van der Waals surface area (Å²) in [6.45, 7) is 3.48. The number of hydrogen-bond acceptors (Lipinski definition) is 2. The molecule has 0 aromatic carbocycles. The molecule has 0 aliphatic heterocycles. The van der Waals surface area contributed by atoms with Crippen LogP contribution >= 0.6 is 0 Å². The fourth-order valence-corrected chi connectivity index (χ4v) is 0.586. The Kier molecular flexibility index (Phi) is 3.84. The molecule has 0 saturated carbocycles. The van der Waals surface area contributed by atoms with Gasteiger partial charge in [0.2, 0.25) is 0 Å². The van der Waals surface area contributed by atoms with E-state index in [4.69, 9.17) is 10.6 Å². The van der Waals surface area contributed by atoms with Gasteiger partial charge in [-0.15, -0.1) is 0 Å². The molecule has 2 atom stereocenters. The van der Waals surface area contributed by atoms with Gasteiger partial charge in [0.05, 0.1) is 12.1 Å². The number of aliphatic hydroxyl groups excluding tert-OH is 1. The van der Waals surface area contributed by atoms with Crippen molar-refractivity contribution in [2.24, 2.45) is 5.11 Å². The summed E-state index contributed by atoms with van der Waals surface area (Å²) in [5, 5.41) is 12.3. The van der Waals surface area contributed by atoms with Crippen LogP contribution in [0.3, 0.4) is 0 Å². The lowest BCUT2D eigenvalue weighted by molar-refractivity contribution is 0.161. The highest BCUT2D eigenvalue weighted by Gasteiger charge is 2.08. The lowest BCUT2D eigenvalue weighted by Crippen LogP contribution is -2.18. The Labute approximate surface area is 54.1 Å². The van der Waals surface area contributed by atoms with Gasteiger partial charge in [0.25, 0.3) is 0 Å². The van der Waals surface area contributed by atoms with E-state index in [-0.39, 0.29) is 6.04 Å². The summed E-state index contributed by atoms with van der Waals surface area (Å²) in [7, 11) is 0. The molecular formula is C5H11N3O. The molecule has 0 aliphatic carbocycles. The summed E-state index contributed by atoms with van der Waals surface area (Å²) < 4.78 is 0. The van der Waals surface area contributed by atoms with Crippen molar-refractivity contribution in [2.75, 3.05) is 0 Å². The minimum absolute atomic E-state index is 0.269. The number of aliphatic hydroxyl groups is 1. The first-order valence-corrected chi connectivity index (χ1v) is 2.94. The van der Waals surface area contributed by atoms with E-state index in [0.29, 0.717) is 6.42 Å². The summed E-state index contributed by atoms with van der Waals surface area (Å²) >= 11 is 0. The van der Waals surface area contributed by atoms with Gasteiger partial charge in [-0.05, 0) is 18.9 Å². The van der Waals surface area contributed by atoms with Crippen molar-refractivity contribution in [1.29, 1.82) is 0 Å². The predicted octanol–water partition coefficient (Wildman–Crippen LogP) is 1.46. The van der Waals surface area contributed by atoms with Crippen LogP contribution in [0.2, 0.25) is 0 Å². The number of rotatable bonds is 3. The lowest BCUT2D eigenvalue weighted by Gasteiger charge is -2.09. The zero-order valence-electron chi connectivity index (χ0n) is 5.65. The highest BCUT2D eigenvalue weighted by molar-refractivity contribution is 4.69. The predicted molar refractivity (Wildman–Crippen MR) is 34.9 cm³/mol. The quantitative estimate of drug-likeness (QED) is 0.349. The zero-order chi connectivity index (χ0) is 7.28. The molecule has 52 valence electrons. The Balaban J connectivity index is 3.82. The normalized spacial score (nSPS) is 15.9. The van der Waals surface area contributed by atoms with Gasteiger partial charge in [-0.25, -0.2) is 0 Å². The van der Waals surface area contributed by atoms with E-state index in [0.717, 1.165) is 0 Å². The minimum atomic E-state index is -0.536. The third-order valence-corrected chi connectivity index (χ3v) is 1.18. The zero-order valence-corrected chi connectivity index (χ0v) is 5.65. The Morgan fingerprint density at radius 3 is 2.44 bits per heavy atom. The fraction of sp³-hybridized carbons (Fsp3) is 1.00. The summed E-state index contributed by atoms with van der Waals surface area (Å²) in [5.74, 6) is 0. The Morgan fingerprint density at radius 1 is 1.78 bits per heavy atom. The Morgan fingerprint density at radius 2 is 2.33 bits per heavy atom. The smallest absolute Gasteiger partial charge is 0.0628 e. The van der Waals surface area contributed by atoms with Crippen molar-refractivity contribution in [3.8, 4) is 0 Å². The van der Waals surface area contributed by atoms with Crippen molar-refractivity contribution in [1.82, 2.24) is 0 Å². The second-order valence-electron chi connectivity index (χ2n) is 1.92. The van der Waals surface area contributed by atoms with Gasteiger partial charge < -0.3 is 5.11 Å². The van der Waals surface area contributed by atoms with Gasteiger partial charge in [0.1, 0.15) is 0 Å². The molecule has 0 unspecified atom stereocenters. The maximum atomic E-state index is 8.88. The molecular weight excluding hydrogens is 118 g/mol. The molecule has 0 radical (unpaired) electrons. The first-order valence-electron chi connectivity index (χ1n) is 2.94. The number of nitrogens with zero attached hydrogens (tertiary/aromatic N) is 3. The standard InChI is InChI=1S/C5H11N3O/c1-3-5(4(2)9)7-8-6/h4-5,9H,3H2,1-2H3/t4-,5-/m0/s1. The summed E-state index contributed by atoms with van der Waals surface area (Å²) in [6.07, 6.45) is 0.146. The third kappa shape index (κ3) is 2.95. The Bertz CT molecular complexity index is 117. The van der Waals surface area contributed by atoms with Crippen molar-refractivity contribution < 1.29 is 5.11 Å². The van der Waals surface area contributed by atoms with E-state index in [1.807, 2.05) is 6.92 Å².